The van der Waals surface area contributed by atoms with Gasteiger partial charge < -0.3 is 10.6 Å². The first-order valence-corrected chi connectivity index (χ1v) is 9.21. The number of nitrogens with zero attached hydrogens (tertiary/aromatic N) is 1. The van der Waals surface area contributed by atoms with E-state index in [-0.39, 0.29) is 6.04 Å². The SMILES string of the molecule is Cc1ccc(C(NC(=S)Nc2ccc(CC#N)cc2)c2ccccc2)cc1. The van der Waals surface area contributed by atoms with E-state index in [1.54, 1.807) is 0 Å². The van der Waals surface area contributed by atoms with Crippen molar-refractivity contribution in [1.29, 1.82) is 5.26 Å². The van der Waals surface area contributed by atoms with Crippen LogP contribution in [0.3, 0.4) is 0 Å². The van der Waals surface area contributed by atoms with Crippen LogP contribution in [-0.4, -0.2) is 5.11 Å². The second-order valence-corrected chi connectivity index (χ2v) is 6.79. The van der Waals surface area contributed by atoms with Crippen LogP contribution in [0.4, 0.5) is 5.69 Å². The van der Waals surface area contributed by atoms with Gasteiger partial charge in [-0.1, -0.05) is 72.3 Å². The molecular weight excluding hydrogens is 350 g/mol. The first-order chi connectivity index (χ1) is 13.2. The number of thiocarbonyl (C=S) groups is 1. The van der Waals surface area contributed by atoms with E-state index in [4.69, 9.17) is 17.5 Å². The van der Waals surface area contributed by atoms with Gasteiger partial charge in [-0.2, -0.15) is 5.26 Å². The second-order valence-electron chi connectivity index (χ2n) is 6.38. The van der Waals surface area contributed by atoms with Gasteiger partial charge in [0, 0.05) is 5.69 Å². The van der Waals surface area contributed by atoms with Crippen molar-refractivity contribution in [2.45, 2.75) is 19.4 Å². The zero-order valence-electron chi connectivity index (χ0n) is 15.1. The molecule has 0 heterocycles. The molecule has 27 heavy (non-hydrogen) atoms. The zero-order chi connectivity index (χ0) is 19.1. The molecule has 0 aliphatic rings. The van der Waals surface area contributed by atoms with Crippen LogP contribution in [0.25, 0.3) is 0 Å². The summed E-state index contributed by atoms with van der Waals surface area (Å²) in [6, 6.07) is 28.6. The van der Waals surface area contributed by atoms with Crippen LogP contribution in [0.5, 0.6) is 0 Å². The molecule has 3 rings (SSSR count). The minimum Gasteiger partial charge on any atom is -0.352 e. The molecule has 3 aromatic rings. The van der Waals surface area contributed by atoms with E-state index in [1.807, 2.05) is 42.5 Å². The third kappa shape index (κ3) is 5.16. The lowest BCUT2D eigenvalue weighted by atomic mass is 9.98. The van der Waals surface area contributed by atoms with Crippen molar-refractivity contribution < 1.29 is 0 Å². The Morgan fingerprint density at radius 1 is 0.926 bits per heavy atom. The molecule has 0 aliphatic carbocycles. The number of benzene rings is 3. The summed E-state index contributed by atoms with van der Waals surface area (Å²) in [5.74, 6) is 0. The molecule has 0 spiro atoms. The first-order valence-electron chi connectivity index (χ1n) is 8.80. The molecule has 0 fully saturated rings. The minimum atomic E-state index is -0.0373. The molecule has 0 radical (unpaired) electrons. The van der Waals surface area contributed by atoms with Crippen molar-refractivity contribution >= 4 is 23.0 Å². The van der Waals surface area contributed by atoms with Crippen LogP contribution in [0, 0.1) is 18.3 Å². The Kier molecular flexibility index (Phi) is 6.19. The van der Waals surface area contributed by atoms with Gasteiger partial charge in [0.2, 0.25) is 0 Å². The zero-order valence-corrected chi connectivity index (χ0v) is 16.0. The lowest BCUT2D eigenvalue weighted by Crippen LogP contribution is -2.33. The summed E-state index contributed by atoms with van der Waals surface area (Å²) in [6.45, 7) is 2.08. The van der Waals surface area contributed by atoms with E-state index in [9.17, 15) is 0 Å². The smallest absolute Gasteiger partial charge is 0.171 e. The largest absolute Gasteiger partial charge is 0.352 e. The third-order valence-corrected chi connectivity index (χ3v) is 4.53. The fourth-order valence-electron chi connectivity index (χ4n) is 2.86. The highest BCUT2D eigenvalue weighted by atomic mass is 32.1. The van der Waals surface area contributed by atoms with Crippen LogP contribution >= 0.6 is 12.2 Å². The molecule has 0 aliphatic heterocycles. The van der Waals surface area contributed by atoms with Crippen molar-refractivity contribution in [2.24, 2.45) is 0 Å². The van der Waals surface area contributed by atoms with Gasteiger partial charge in [-0.15, -0.1) is 0 Å². The van der Waals surface area contributed by atoms with Gasteiger partial charge in [-0.3, -0.25) is 0 Å². The van der Waals surface area contributed by atoms with Gasteiger partial charge in [0.15, 0.2) is 5.11 Å². The number of anilines is 1. The molecule has 134 valence electrons. The molecule has 0 saturated carbocycles. The maximum absolute atomic E-state index is 8.77. The number of hydrogen-bond donors (Lipinski definition) is 2. The lowest BCUT2D eigenvalue weighted by Gasteiger charge is -2.22. The lowest BCUT2D eigenvalue weighted by molar-refractivity contribution is 0.768. The van der Waals surface area contributed by atoms with Gasteiger partial charge >= 0.3 is 0 Å². The molecule has 0 bridgehead atoms. The molecule has 3 nitrogen and oxygen atoms in total. The van der Waals surface area contributed by atoms with Crippen molar-refractivity contribution in [3.63, 3.8) is 0 Å². The topological polar surface area (TPSA) is 47.8 Å². The van der Waals surface area contributed by atoms with Gasteiger partial charge in [0.1, 0.15) is 0 Å². The highest BCUT2D eigenvalue weighted by molar-refractivity contribution is 7.80. The Bertz CT molecular complexity index is 926. The Hall–Kier alpha value is -3.16. The number of nitrogens with one attached hydrogen (secondary N) is 2. The standard InChI is InChI=1S/C23H21N3S/c1-17-7-11-20(12-8-17)22(19-5-3-2-4-6-19)26-23(27)25-21-13-9-18(10-14-21)15-16-24/h2-14,22H,15H2,1H3,(H2,25,26,27). The predicted molar refractivity (Wildman–Crippen MR) is 115 cm³/mol. The summed E-state index contributed by atoms with van der Waals surface area (Å²) in [4.78, 5) is 0. The Morgan fingerprint density at radius 2 is 1.56 bits per heavy atom. The maximum atomic E-state index is 8.77. The summed E-state index contributed by atoms with van der Waals surface area (Å²) >= 11 is 5.55. The van der Waals surface area contributed by atoms with Crippen LogP contribution in [-0.2, 0) is 6.42 Å². The van der Waals surface area contributed by atoms with E-state index in [2.05, 4.69) is 60.0 Å². The quantitative estimate of drug-likeness (QED) is 0.610. The Morgan fingerprint density at radius 3 is 2.19 bits per heavy atom. The Labute approximate surface area is 165 Å². The van der Waals surface area contributed by atoms with E-state index >= 15 is 0 Å². The van der Waals surface area contributed by atoms with Crippen LogP contribution in [0.1, 0.15) is 28.3 Å². The number of rotatable bonds is 5. The van der Waals surface area contributed by atoms with Gasteiger partial charge in [-0.05, 0) is 48.0 Å². The van der Waals surface area contributed by atoms with E-state index in [0.29, 0.717) is 11.5 Å². The summed E-state index contributed by atoms with van der Waals surface area (Å²) in [7, 11) is 0. The molecule has 1 atom stereocenters. The molecule has 0 aromatic heterocycles. The average Bonchev–Trinajstić information content (AvgIpc) is 2.69. The molecule has 1 unspecified atom stereocenters. The molecule has 0 amide bonds. The molecule has 3 aromatic carbocycles. The van der Waals surface area contributed by atoms with Gasteiger partial charge in [0.25, 0.3) is 0 Å². The van der Waals surface area contributed by atoms with Crippen LogP contribution in [0.2, 0.25) is 0 Å². The van der Waals surface area contributed by atoms with E-state index in [1.165, 1.54) is 5.56 Å². The van der Waals surface area contributed by atoms with E-state index < -0.39 is 0 Å². The van der Waals surface area contributed by atoms with Crippen molar-refractivity contribution in [3.8, 4) is 6.07 Å². The van der Waals surface area contributed by atoms with Crippen molar-refractivity contribution in [3.05, 3.63) is 101 Å². The van der Waals surface area contributed by atoms with Gasteiger partial charge in [0.05, 0.1) is 18.5 Å². The minimum absolute atomic E-state index is 0.0373. The predicted octanol–water partition coefficient (Wildman–Crippen LogP) is 5.14. The summed E-state index contributed by atoms with van der Waals surface area (Å²) in [5, 5.41) is 16.0. The molecule has 4 heteroatoms. The normalized spacial score (nSPS) is 11.3. The maximum Gasteiger partial charge on any atom is 0.171 e. The summed E-state index contributed by atoms with van der Waals surface area (Å²) in [5.41, 5.74) is 5.41. The third-order valence-electron chi connectivity index (χ3n) is 4.31. The van der Waals surface area contributed by atoms with Crippen molar-refractivity contribution in [2.75, 3.05) is 5.32 Å². The fraction of sp³-hybridized carbons (Fsp3) is 0.130. The molecule has 2 N–H and O–H groups in total. The molecular formula is C23H21N3S. The van der Waals surface area contributed by atoms with Crippen LogP contribution < -0.4 is 10.6 Å². The van der Waals surface area contributed by atoms with Crippen molar-refractivity contribution in [1.82, 2.24) is 5.32 Å². The monoisotopic (exact) mass is 371 g/mol. The molecule has 0 saturated heterocycles. The summed E-state index contributed by atoms with van der Waals surface area (Å²) in [6.07, 6.45) is 0.409. The summed E-state index contributed by atoms with van der Waals surface area (Å²) < 4.78 is 0. The number of nitriles is 1. The van der Waals surface area contributed by atoms with Crippen LogP contribution in [0.15, 0.2) is 78.9 Å². The fourth-order valence-corrected chi connectivity index (χ4v) is 3.09. The highest BCUT2D eigenvalue weighted by Crippen LogP contribution is 2.22. The number of hydrogen-bond acceptors (Lipinski definition) is 2. The van der Waals surface area contributed by atoms with Gasteiger partial charge in [-0.25, -0.2) is 0 Å². The number of aryl methyl sites for hydroxylation is 1. The average molecular weight is 372 g/mol. The second kappa shape index (κ2) is 8.98. The van der Waals surface area contributed by atoms with E-state index in [0.717, 1.165) is 22.4 Å². The highest BCUT2D eigenvalue weighted by Gasteiger charge is 2.15. The Balaban J connectivity index is 1.76. The first kappa shape index (κ1) is 18.6.